The van der Waals surface area contributed by atoms with Gasteiger partial charge in [0, 0.05) is 24.2 Å². The van der Waals surface area contributed by atoms with Crippen LogP contribution in [0, 0.1) is 5.92 Å². The van der Waals surface area contributed by atoms with Crippen molar-refractivity contribution in [3.8, 4) is 0 Å². The van der Waals surface area contributed by atoms with Crippen molar-refractivity contribution in [3.63, 3.8) is 0 Å². The summed E-state index contributed by atoms with van der Waals surface area (Å²) in [7, 11) is 0. The third kappa shape index (κ3) is 1.17. The molecule has 1 aliphatic heterocycles. The van der Waals surface area contributed by atoms with Gasteiger partial charge < -0.3 is 5.73 Å². The minimum Gasteiger partial charge on any atom is -0.327 e. The Balaban J connectivity index is 2.08. The Kier molecular flexibility index (Phi) is 1.74. The normalized spacial score (nSPS) is 42.5. The van der Waals surface area contributed by atoms with E-state index < -0.39 is 0 Å². The van der Waals surface area contributed by atoms with Crippen molar-refractivity contribution in [2.24, 2.45) is 11.7 Å². The molecule has 0 radical (unpaired) electrons. The van der Waals surface area contributed by atoms with Crippen LogP contribution in [0.4, 0.5) is 0 Å². The summed E-state index contributed by atoms with van der Waals surface area (Å²) in [6, 6.07) is 1.28. The van der Waals surface area contributed by atoms with Gasteiger partial charge in [-0.25, -0.2) is 0 Å². The van der Waals surface area contributed by atoms with Crippen LogP contribution in [0.15, 0.2) is 0 Å². The quantitative estimate of drug-likeness (QED) is 0.589. The first-order valence-corrected chi connectivity index (χ1v) is 5.01. The first-order chi connectivity index (χ1) is 5.48. The molecule has 2 rings (SSSR count). The zero-order valence-corrected chi connectivity index (χ0v) is 8.38. The van der Waals surface area contributed by atoms with Crippen molar-refractivity contribution in [1.29, 1.82) is 0 Å². The second kappa shape index (κ2) is 2.46. The molecule has 0 aromatic carbocycles. The van der Waals surface area contributed by atoms with Gasteiger partial charge in [-0.3, -0.25) is 4.90 Å². The van der Waals surface area contributed by atoms with E-state index in [9.17, 15) is 0 Å². The molecule has 1 aliphatic carbocycles. The number of hydrogen-bond donors (Lipinski definition) is 1. The van der Waals surface area contributed by atoms with Crippen molar-refractivity contribution in [2.45, 2.75) is 51.2 Å². The highest BCUT2D eigenvalue weighted by Gasteiger charge is 2.46. The number of nitrogens with two attached hydrogens (primary N) is 1. The molecule has 2 N–H and O–H groups in total. The fourth-order valence-electron chi connectivity index (χ4n) is 2.81. The standard InChI is InChI=1S/C10H20N2/c1-10(2,3)12-6-7-4-8(12)5-9(7)11/h7-9H,4-6,11H2,1-3H3/t7-,8-,9-/m0/s1. The highest BCUT2D eigenvalue weighted by Crippen LogP contribution is 2.40. The number of fused-ring (bicyclic) bond motifs is 2. The molecule has 0 unspecified atom stereocenters. The van der Waals surface area contributed by atoms with Crippen molar-refractivity contribution in [3.05, 3.63) is 0 Å². The molecular formula is C10H20N2. The molecule has 2 nitrogen and oxygen atoms in total. The van der Waals surface area contributed by atoms with Gasteiger partial charge in [-0.2, -0.15) is 0 Å². The van der Waals surface area contributed by atoms with Crippen LogP contribution in [0.25, 0.3) is 0 Å². The average molecular weight is 168 g/mol. The fraction of sp³-hybridized carbons (Fsp3) is 1.00. The molecule has 0 aromatic heterocycles. The van der Waals surface area contributed by atoms with Gasteiger partial charge in [0.05, 0.1) is 0 Å². The van der Waals surface area contributed by atoms with Crippen LogP contribution in [0.3, 0.4) is 0 Å². The number of hydrogen-bond acceptors (Lipinski definition) is 2. The van der Waals surface area contributed by atoms with E-state index in [1.54, 1.807) is 0 Å². The fourth-order valence-corrected chi connectivity index (χ4v) is 2.81. The van der Waals surface area contributed by atoms with Crippen molar-refractivity contribution >= 4 is 0 Å². The van der Waals surface area contributed by atoms with Crippen LogP contribution in [0.1, 0.15) is 33.6 Å². The lowest BCUT2D eigenvalue weighted by Crippen LogP contribution is -2.50. The number of rotatable bonds is 0. The summed E-state index contributed by atoms with van der Waals surface area (Å²) in [5, 5.41) is 0. The summed E-state index contributed by atoms with van der Waals surface area (Å²) < 4.78 is 0. The average Bonchev–Trinajstić information content (AvgIpc) is 2.41. The Hall–Kier alpha value is -0.0800. The summed E-state index contributed by atoms with van der Waals surface area (Å²) in [6.45, 7) is 8.15. The maximum Gasteiger partial charge on any atom is 0.0128 e. The smallest absolute Gasteiger partial charge is 0.0128 e. The van der Waals surface area contributed by atoms with E-state index in [0.717, 1.165) is 12.0 Å². The van der Waals surface area contributed by atoms with Crippen molar-refractivity contribution < 1.29 is 0 Å². The third-order valence-corrected chi connectivity index (χ3v) is 3.46. The van der Waals surface area contributed by atoms with Gasteiger partial charge in [0.1, 0.15) is 0 Å². The molecule has 2 fully saturated rings. The van der Waals surface area contributed by atoms with Gasteiger partial charge in [0.2, 0.25) is 0 Å². The molecule has 0 spiro atoms. The second-order valence-electron chi connectivity index (χ2n) is 5.37. The molecule has 2 heteroatoms. The number of nitrogens with zero attached hydrogens (tertiary/aromatic N) is 1. The lowest BCUT2D eigenvalue weighted by atomic mass is 9.98. The lowest BCUT2D eigenvalue weighted by Gasteiger charge is -2.40. The SMILES string of the molecule is CC(C)(C)N1C[C@@H]2C[C@H]1C[C@@H]2N. The molecule has 2 bridgehead atoms. The van der Waals surface area contributed by atoms with Gasteiger partial charge in [0.25, 0.3) is 0 Å². The summed E-state index contributed by atoms with van der Waals surface area (Å²) >= 11 is 0. The van der Waals surface area contributed by atoms with E-state index in [1.165, 1.54) is 19.4 Å². The highest BCUT2D eigenvalue weighted by molar-refractivity contribution is 5.02. The first kappa shape index (κ1) is 8.52. The first-order valence-electron chi connectivity index (χ1n) is 5.01. The molecule has 2 aliphatic rings. The minimum atomic E-state index is 0.347. The zero-order valence-electron chi connectivity index (χ0n) is 8.38. The summed E-state index contributed by atoms with van der Waals surface area (Å²) in [6.07, 6.45) is 2.57. The van der Waals surface area contributed by atoms with Crippen LogP contribution < -0.4 is 5.73 Å². The van der Waals surface area contributed by atoms with Crippen LogP contribution in [-0.2, 0) is 0 Å². The molecule has 70 valence electrons. The van der Waals surface area contributed by atoms with E-state index in [1.807, 2.05) is 0 Å². The van der Waals surface area contributed by atoms with E-state index in [-0.39, 0.29) is 0 Å². The molecule has 1 saturated heterocycles. The van der Waals surface area contributed by atoms with Crippen LogP contribution in [0.5, 0.6) is 0 Å². The Morgan fingerprint density at radius 2 is 1.92 bits per heavy atom. The van der Waals surface area contributed by atoms with E-state index >= 15 is 0 Å². The summed E-state index contributed by atoms with van der Waals surface area (Å²) in [5.41, 5.74) is 6.35. The second-order valence-corrected chi connectivity index (χ2v) is 5.37. The monoisotopic (exact) mass is 168 g/mol. The topological polar surface area (TPSA) is 29.3 Å². The Morgan fingerprint density at radius 3 is 2.25 bits per heavy atom. The van der Waals surface area contributed by atoms with Crippen LogP contribution >= 0.6 is 0 Å². The maximum absolute atomic E-state index is 6.00. The van der Waals surface area contributed by atoms with Gasteiger partial charge in [-0.1, -0.05) is 0 Å². The van der Waals surface area contributed by atoms with Crippen LogP contribution in [0.2, 0.25) is 0 Å². The van der Waals surface area contributed by atoms with Gasteiger partial charge in [-0.15, -0.1) is 0 Å². The number of piperidine rings is 1. The van der Waals surface area contributed by atoms with Gasteiger partial charge in [-0.05, 0) is 39.5 Å². The summed E-state index contributed by atoms with van der Waals surface area (Å²) in [5.74, 6) is 0.786. The minimum absolute atomic E-state index is 0.347. The maximum atomic E-state index is 6.00. The molecule has 0 amide bonds. The number of likely N-dealkylation sites (tertiary alicyclic amines) is 1. The van der Waals surface area contributed by atoms with Crippen molar-refractivity contribution in [1.82, 2.24) is 4.90 Å². The van der Waals surface area contributed by atoms with Crippen molar-refractivity contribution in [2.75, 3.05) is 6.54 Å². The third-order valence-electron chi connectivity index (χ3n) is 3.46. The molecular weight excluding hydrogens is 148 g/mol. The summed E-state index contributed by atoms with van der Waals surface area (Å²) in [4.78, 5) is 2.63. The predicted molar refractivity (Wildman–Crippen MR) is 50.9 cm³/mol. The molecule has 12 heavy (non-hydrogen) atoms. The van der Waals surface area contributed by atoms with E-state index in [0.29, 0.717) is 11.6 Å². The van der Waals surface area contributed by atoms with Gasteiger partial charge >= 0.3 is 0 Å². The molecule has 1 heterocycles. The van der Waals surface area contributed by atoms with E-state index in [4.69, 9.17) is 5.73 Å². The largest absolute Gasteiger partial charge is 0.327 e. The highest BCUT2D eigenvalue weighted by atomic mass is 15.3. The Bertz CT molecular complexity index is 181. The Morgan fingerprint density at radius 1 is 1.25 bits per heavy atom. The molecule has 3 atom stereocenters. The van der Waals surface area contributed by atoms with E-state index in [2.05, 4.69) is 25.7 Å². The molecule has 1 saturated carbocycles. The lowest BCUT2D eigenvalue weighted by molar-refractivity contribution is 0.0912. The zero-order chi connectivity index (χ0) is 8.93. The van der Waals surface area contributed by atoms with Gasteiger partial charge in [0.15, 0.2) is 0 Å². The molecule has 0 aromatic rings. The Labute approximate surface area is 75.1 Å². The van der Waals surface area contributed by atoms with Crippen LogP contribution in [-0.4, -0.2) is 29.1 Å². The predicted octanol–water partition coefficient (Wildman–Crippen LogP) is 1.21.